The van der Waals surface area contributed by atoms with Crippen LogP contribution in [0.25, 0.3) is 10.9 Å². The van der Waals surface area contributed by atoms with Gasteiger partial charge >= 0.3 is 5.97 Å². The molecule has 0 unspecified atom stereocenters. The van der Waals surface area contributed by atoms with Crippen LogP contribution in [0.1, 0.15) is 21.5 Å². The normalized spacial score (nSPS) is 11.1. The Kier molecular flexibility index (Phi) is 5.98. The molecule has 4 rings (SSSR count). The van der Waals surface area contributed by atoms with Crippen molar-refractivity contribution in [3.05, 3.63) is 98.6 Å². The molecule has 4 nitrogen and oxygen atoms in total. The summed E-state index contributed by atoms with van der Waals surface area (Å²) in [5.41, 5.74) is 1.51. The van der Waals surface area contributed by atoms with Gasteiger partial charge in [-0.2, -0.15) is 0 Å². The fourth-order valence-corrected chi connectivity index (χ4v) is 4.00. The minimum absolute atomic E-state index is 0.0247. The maximum absolute atomic E-state index is 14.1. The number of nitrogens with zero attached hydrogens (tertiary/aromatic N) is 1. The van der Waals surface area contributed by atoms with E-state index in [2.05, 4.69) is 15.9 Å². The highest BCUT2D eigenvalue weighted by atomic mass is 79.9. The summed E-state index contributed by atoms with van der Waals surface area (Å²) >= 11 is 9.11. The third kappa shape index (κ3) is 4.43. The van der Waals surface area contributed by atoms with Crippen molar-refractivity contribution in [1.82, 2.24) is 4.57 Å². The van der Waals surface area contributed by atoms with Gasteiger partial charge in [-0.05, 0) is 48.5 Å². The van der Waals surface area contributed by atoms with Gasteiger partial charge in [0.05, 0.1) is 17.7 Å². The molecule has 158 valence electrons. The lowest BCUT2D eigenvalue weighted by atomic mass is 10.1. The van der Waals surface area contributed by atoms with E-state index in [1.165, 1.54) is 0 Å². The Hall–Kier alpha value is -2.90. The average Bonchev–Trinajstić information content (AvgIpc) is 3.11. The number of aromatic carboxylic acids is 1. The van der Waals surface area contributed by atoms with Gasteiger partial charge in [-0.1, -0.05) is 33.6 Å². The van der Waals surface area contributed by atoms with Gasteiger partial charge in [0, 0.05) is 32.2 Å². The van der Waals surface area contributed by atoms with E-state index in [1.54, 1.807) is 36.5 Å². The van der Waals surface area contributed by atoms with Crippen LogP contribution in [-0.2, 0) is 13.2 Å². The number of aromatic nitrogens is 1. The monoisotopic (exact) mass is 505 g/mol. The van der Waals surface area contributed by atoms with Crippen LogP contribution in [0.15, 0.2) is 65.3 Å². The predicted octanol–water partition coefficient (Wildman–Crippen LogP) is 6.66. The molecule has 0 radical (unpaired) electrons. The van der Waals surface area contributed by atoms with Crippen molar-refractivity contribution in [1.29, 1.82) is 0 Å². The quantitative estimate of drug-likeness (QED) is 0.318. The van der Waals surface area contributed by atoms with E-state index in [-0.39, 0.29) is 22.8 Å². The first-order chi connectivity index (χ1) is 14.8. The zero-order valence-corrected chi connectivity index (χ0v) is 18.3. The highest BCUT2D eigenvalue weighted by Gasteiger charge is 2.15. The molecule has 0 amide bonds. The molecule has 0 fully saturated rings. The van der Waals surface area contributed by atoms with E-state index in [0.29, 0.717) is 17.7 Å². The van der Waals surface area contributed by atoms with Crippen LogP contribution in [0.5, 0.6) is 5.75 Å². The maximum Gasteiger partial charge on any atom is 0.336 e. The minimum Gasteiger partial charge on any atom is -0.488 e. The second kappa shape index (κ2) is 8.69. The van der Waals surface area contributed by atoms with Crippen molar-refractivity contribution < 1.29 is 23.4 Å². The van der Waals surface area contributed by atoms with Gasteiger partial charge in [0.2, 0.25) is 0 Å². The highest BCUT2D eigenvalue weighted by Crippen LogP contribution is 2.29. The number of hydrogen-bond donors (Lipinski definition) is 1. The molecular weight excluding hydrogens is 492 g/mol. The molecule has 3 aromatic carbocycles. The van der Waals surface area contributed by atoms with Gasteiger partial charge in [-0.25, -0.2) is 13.6 Å². The number of rotatable bonds is 6. The van der Waals surface area contributed by atoms with E-state index >= 15 is 0 Å². The first-order valence-electron chi connectivity index (χ1n) is 9.19. The molecule has 31 heavy (non-hydrogen) atoms. The summed E-state index contributed by atoms with van der Waals surface area (Å²) in [6.45, 7) is 0.0615. The lowest BCUT2D eigenvalue weighted by Gasteiger charge is -2.14. The van der Waals surface area contributed by atoms with Crippen LogP contribution in [0.4, 0.5) is 8.78 Å². The van der Waals surface area contributed by atoms with Crippen LogP contribution in [0, 0.1) is 11.6 Å². The number of ether oxygens (including phenoxy) is 1. The Morgan fingerprint density at radius 3 is 2.55 bits per heavy atom. The van der Waals surface area contributed by atoms with Gasteiger partial charge < -0.3 is 14.4 Å². The summed E-state index contributed by atoms with van der Waals surface area (Å²) < 4.78 is 36.6. The maximum atomic E-state index is 14.1. The average molecular weight is 507 g/mol. The number of fused-ring (bicyclic) bond motifs is 1. The molecule has 1 heterocycles. The minimum atomic E-state index is -0.998. The number of halogens is 4. The Morgan fingerprint density at radius 2 is 1.84 bits per heavy atom. The van der Waals surface area contributed by atoms with Crippen LogP contribution in [0.2, 0.25) is 5.02 Å². The highest BCUT2D eigenvalue weighted by molar-refractivity contribution is 9.10. The molecule has 8 heteroatoms. The molecule has 0 saturated heterocycles. The second-order valence-electron chi connectivity index (χ2n) is 6.88. The Balaban J connectivity index is 1.65. The zero-order valence-electron chi connectivity index (χ0n) is 15.9. The molecule has 4 aromatic rings. The molecule has 0 spiro atoms. The Morgan fingerprint density at radius 1 is 1.10 bits per heavy atom. The predicted molar refractivity (Wildman–Crippen MR) is 118 cm³/mol. The van der Waals surface area contributed by atoms with Gasteiger partial charge in [0.15, 0.2) is 0 Å². The van der Waals surface area contributed by atoms with Crippen molar-refractivity contribution in [3.63, 3.8) is 0 Å². The summed E-state index contributed by atoms with van der Waals surface area (Å²) in [6, 6.07) is 14.2. The summed E-state index contributed by atoms with van der Waals surface area (Å²) in [4.78, 5) is 11.5. The molecule has 0 atom stereocenters. The summed E-state index contributed by atoms with van der Waals surface area (Å²) in [7, 11) is 0. The first kappa shape index (κ1) is 21.3. The number of carboxylic acids is 1. The van der Waals surface area contributed by atoms with Gasteiger partial charge in [0.1, 0.15) is 24.0 Å². The molecule has 0 bridgehead atoms. The van der Waals surface area contributed by atoms with Gasteiger partial charge in [0.25, 0.3) is 0 Å². The molecule has 0 aliphatic carbocycles. The van der Waals surface area contributed by atoms with Crippen molar-refractivity contribution in [2.45, 2.75) is 13.2 Å². The zero-order chi connectivity index (χ0) is 22.1. The third-order valence-electron chi connectivity index (χ3n) is 4.89. The molecule has 1 N–H and O–H groups in total. The SMILES string of the molecule is O=C(O)c1cccc2c1ccn2Cc1cc(Br)ccc1OCc1c(F)cc(Cl)cc1F. The van der Waals surface area contributed by atoms with Crippen molar-refractivity contribution in [2.75, 3.05) is 0 Å². The van der Waals surface area contributed by atoms with Crippen molar-refractivity contribution in [2.24, 2.45) is 0 Å². The van der Waals surface area contributed by atoms with Crippen LogP contribution in [0.3, 0.4) is 0 Å². The van der Waals surface area contributed by atoms with Gasteiger partial charge in [-0.3, -0.25) is 0 Å². The van der Waals surface area contributed by atoms with Crippen molar-refractivity contribution >= 4 is 44.4 Å². The number of hydrogen-bond acceptors (Lipinski definition) is 2. The fraction of sp³-hybridized carbons (Fsp3) is 0.0870. The number of carboxylic acid groups (broad SMARTS) is 1. The van der Waals surface area contributed by atoms with E-state index in [0.717, 1.165) is 27.7 Å². The Labute approximate surface area is 189 Å². The summed E-state index contributed by atoms with van der Waals surface area (Å²) in [6.07, 6.45) is 1.79. The largest absolute Gasteiger partial charge is 0.488 e. The standard InChI is InChI=1S/C23H15BrClF2NO3/c24-14-4-5-22(31-12-18-19(26)9-15(25)10-20(18)27)13(8-14)11-28-7-6-16-17(23(29)30)2-1-3-21(16)28/h1-10H,11-12H2,(H,29,30). The number of benzene rings is 3. The first-order valence-corrected chi connectivity index (χ1v) is 10.4. The molecule has 0 aliphatic heterocycles. The van der Waals surface area contributed by atoms with Crippen molar-refractivity contribution in [3.8, 4) is 5.75 Å². The van der Waals surface area contributed by atoms with E-state index in [1.807, 2.05) is 16.7 Å². The third-order valence-corrected chi connectivity index (χ3v) is 5.60. The molecule has 1 aromatic heterocycles. The van der Waals surface area contributed by atoms with E-state index in [9.17, 15) is 18.7 Å². The smallest absolute Gasteiger partial charge is 0.336 e. The summed E-state index contributed by atoms with van der Waals surface area (Å²) in [5.74, 6) is -2.10. The van der Waals surface area contributed by atoms with E-state index < -0.39 is 17.6 Å². The van der Waals surface area contributed by atoms with Crippen LogP contribution < -0.4 is 4.74 Å². The Bertz CT molecular complexity index is 1280. The van der Waals surface area contributed by atoms with Crippen LogP contribution in [-0.4, -0.2) is 15.6 Å². The summed E-state index contributed by atoms with van der Waals surface area (Å²) in [5, 5.41) is 10.00. The van der Waals surface area contributed by atoms with Gasteiger partial charge in [-0.15, -0.1) is 0 Å². The lowest BCUT2D eigenvalue weighted by Crippen LogP contribution is -2.06. The molecular formula is C23H15BrClF2NO3. The molecule has 0 aliphatic rings. The number of carbonyl (C=O) groups is 1. The van der Waals surface area contributed by atoms with Crippen LogP contribution >= 0.6 is 27.5 Å². The lowest BCUT2D eigenvalue weighted by molar-refractivity contribution is 0.0699. The fourth-order valence-electron chi connectivity index (χ4n) is 3.40. The van der Waals surface area contributed by atoms with E-state index in [4.69, 9.17) is 16.3 Å². The topological polar surface area (TPSA) is 51.5 Å². The second-order valence-corrected chi connectivity index (χ2v) is 8.23. The molecule has 0 saturated carbocycles.